The zero-order chi connectivity index (χ0) is 23.5. The number of amides is 2. The minimum atomic E-state index is -0.223. The molecule has 0 aliphatic rings. The van der Waals surface area contributed by atoms with Crippen LogP contribution in [0.4, 0.5) is 17.1 Å². The number of benzene rings is 3. The second kappa shape index (κ2) is 12.3. The Labute approximate surface area is 194 Å². The van der Waals surface area contributed by atoms with Gasteiger partial charge in [0, 0.05) is 42.3 Å². The van der Waals surface area contributed by atoms with E-state index in [9.17, 15) is 9.59 Å². The highest BCUT2D eigenvalue weighted by Gasteiger charge is 2.14. The van der Waals surface area contributed by atoms with Crippen LogP contribution in [0.25, 0.3) is 0 Å². The Morgan fingerprint density at radius 3 is 2.42 bits per heavy atom. The van der Waals surface area contributed by atoms with Crippen LogP contribution in [0.5, 0.6) is 5.75 Å². The zero-order valence-electron chi connectivity index (χ0n) is 18.9. The molecule has 0 aromatic heterocycles. The summed E-state index contributed by atoms with van der Waals surface area (Å²) in [7, 11) is 1.72. The van der Waals surface area contributed by atoms with Gasteiger partial charge in [-0.3, -0.25) is 9.59 Å². The highest BCUT2D eigenvalue weighted by molar-refractivity contribution is 6.06. The molecule has 3 rings (SSSR count). The molecule has 7 heteroatoms. The summed E-state index contributed by atoms with van der Waals surface area (Å²) >= 11 is 0. The van der Waals surface area contributed by atoms with Gasteiger partial charge in [-0.2, -0.15) is 0 Å². The lowest BCUT2D eigenvalue weighted by atomic mass is 10.1. The first-order chi connectivity index (χ1) is 16.1. The van der Waals surface area contributed by atoms with Gasteiger partial charge in [-0.15, -0.1) is 0 Å². The molecule has 172 valence electrons. The van der Waals surface area contributed by atoms with Crippen molar-refractivity contribution in [1.29, 1.82) is 0 Å². The number of hydrogen-bond acceptors (Lipinski definition) is 5. The summed E-state index contributed by atoms with van der Waals surface area (Å²) in [6, 6.07) is 23.7. The van der Waals surface area contributed by atoms with E-state index in [4.69, 9.17) is 9.47 Å². The van der Waals surface area contributed by atoms with Crippen LogP contribution >= 0.6 is 0 Å². The summed E-state index contributed by atoms with van der Waals surface area (Å²) in [6.07, 6.45) is 0. The summed E-state index contributed by atoms with van der Waals surface area (Å²) in [6.45, 7) is 3.66. The summed E-state index contributed by atoms with van der Waals surface area (Å²) in [5.41, 5.74) is 2.61. The Balaban J connectivity index is 1.53. The van der Waals surface area contributed by atoms with Crippen molar-refractivity contribution in [1.82, 2.24) is 0 Å². The van der Waals surface area contributed by atoms with Crippen LogP contribution in [0.15, 0.2) is 78.9 Å². The Morgan fingerprint density at radius 2 is 1.64 bits per heavy atom. The molecule has 0 fully saturated rings. The number of nitrogens with zero attached hydrogens (tertiary/aromatic N) is 1. The maximum absolute atomic E-state index is 12.8. The smallest absolute Gasteiger partial charge is 0.258 e. The standard InChI is InChI=1S/C26H29N3O4/c1-3-32-15-16-33-24-14-8-10-21(18-24)27-19-25(30)28-22-11-7-9-20(17-22)26(31)29(2)23-12-5-4-6-13-23/h4-14,17-18,27H,3,15-16,19H2,1-2H3,(H,28,30). The minimum absolute atomic E-state index is 0.0739. The average Bonchev–Trinajstić information content (AvgIpc) is 2.85. The monoisotopic (exact) mass is 447 g/mol. The molecule has 0 aliphatic heterocycles. The summed E-state index contributed by atoms with van der Waals surface area (Å²) < 4.78 is 10.9. The lowest BCUT2D eigenvalue weighted by Crippen LogP contribution is -2.26. The molecule has 33 heavy (non-hydrogen) atoms. The van der Waals surface area contributed by atoms with E-state index < -0.39 is 0 Å². The highest BCUT2D eigenvalue weighted by atomic mass is 16.5. The van der Waals surface area contributed by atoms with Gasteiger partial charge >= 0.3 is 0 Å². The normalized spacial score (nSPS) is 10.4. The SMILES string of the molecule is CCOCCOc1cccc(NCC(=O)Nc2cccc(C(=O)N(C)c3ccccc3)c2)c1. The van der Waals surface area contributed by atoms with Gasteiger partial charge in [-0.05, 0) is 49.4 Å². The number of carbonyl (C=O) groups excluding carboxylic acids is 2. The van der Waals surface area contributed by atoms with E-state index in [-0.39, 0.29) is 18.4 Å². The number of rotatable bonds is 11. The second-order valence-electron chi connectivity index (χ2n) is 7.26. The average molecular weight is 448 g/mol. The zero-order valence-corrected chi connectivity index (χ0v) is 18.9. The topological polar surface area (TPSA) is 79.9 Å². The molecular formula is C26H29N3O4. The van der Waals surface area contributed by atoms with Crippen molar-refractivity contribution in [2.45, 2.75) is 6.92 Å². The molecule has 0 spiro atoms. The van der Waals surface area contributed by atoms with Crippen LogP contribution in [0, 0.1) is 0 Å². The number of para-hydroxylation sites is 1. The van der Waals surface area contributed by atoms with Crippen molar-refractivity contribution in [3.05, 3.63) is 84.4 Å². The van der Waals surface area contributed by atoms with Crippen molar-refractivity contribution >= 4 is 28.9 Å². The van der Waals surface area contributed by atoms with Crippen LogP contribution in [0.1, 0.15) is 17.3 Å². The number of anilines is 3. The van der Waals surface area contributed by atoms with Crippen molar-refractivity contribution in [3.8, 4) is 5.75 Å². The molecular weight excluding hydrogens is 418 g/mol. The molecule has 2 amide bonds. The number of ether oxygens (including phenoxy) is 2. The van der Waals surface area contributed by atoms with Gasteiger partial charge in [-0.1, -0.05) is 30.3 Å². The molecule has 0 bridgehead atoms. The van der Waals surface area contributed by atoms with Gasteiger partial charge in [0.25, 0.3) is 5.91 Å². The Kier molecular flexibility index (Phi) is 8.85. The molecule has 0 saturated heterocycles. The predicted octanol–water partition coefficient (Wildman–Crippen LogP) is 4.43. The van der Waals surface area contributed by atoms with E-state index >= 15 is 0 Å². The third kappa shape index (κ3) is 7.36. The highest BCUT2D eigenvalue weighted by Crippen LogP contribution is 2.19. The quantitative estimate of drug-likeness (QED) is 0.425. The van der Waals surface area contributed by atoms with Gasteiger partial charge in [-0.25, -0.2) is 0 Å². The molecule has 3 aromatic carbocycles. The van der Waals surface area contributed by atoms with Crippen molar-refractivity contribution < 1.29 is 19.1 Å². The van der Waals surface area contributed by atoms with E-state index in [0.717, 1.165) is 11.4 Å². The molecule has 0 aliphatic carbocycles. The first-order valence-electron chi connectivity index (χ1n) is 10.8. The maximum atomic E-state index is 12.8. The van der Waals surface area contributed by atoms with E-state index in [1.165, 1.54) is 0 Å². The fraction of sp³-hybridized carbons (Fsp3) is 0.231. The molecule has 0 heterocycles. The number of carbonyl (C=O) groups is 2. The Hall–Kier alpha value is -3.84. The lowest BCUT2D eigenvalue weighted by molar-refractivity contribution is -0.114. The molecule has 0 radical (unpaired) electrons. The van der Waals surface area contributed by atoms with E-state index in [2.05, 4.69) is 10.6 Å². The van der Waals surface area contributed by atoms with Gasteiger partial charge in [0.2, 0.25) is 5.91 Å². The molecule has 0 saturated carbocycles. The second-order valence-corrected chi connectivity index (χ2v) is 7.26. The van der Waals surface area contributed by atoms with Crippen molar-refractivity contribution in [2.24, 2.45) is 0 Å². The van der Waals surface area contributed by atoms with Gasteiger partial charge in [0.05, 0.1) is 13.2 Å². The Bertz CT molecular complexity index is 1060. The van der Waals surface area contributed by atoms with Crippen LogP contribution < -0.4 is 20.3 Å². The van der Waals surface area contributed by atoms with Gasteiger partial charge in [0.15, 0.2) is 0 Å². The van der Waals surface area contributed by atoms with E-state index in [1.807, 2.05) is 61.5 Å². The fourth-order valence-corrected chi connectivity index (χ4v) is 3.14. The maximum Gasteiger partial charge on any atom is 0.258 e. The summed E-state index contributed by atoms with van der Waals surface area (Å²) in [5, 5.41) is 5.91. The fourth-order valence-electron chi connectivity index (χ4n) is 3.14. The van der Waals surface area contributed by atoms with Crippen molar-refractivity contribution in [3.63, 3.8) is 0 Å². The lowest BCUT2D eigenvalue weighted by Gasteiger charge is -2.17. The van der Waals surface area contributed by atoms with Crippen LogP contribution in [0.2, 0.25) is 0 Å². The van der Waals surface area contributed by atoms with E-state index in [0.29, 0.717) is 36.8 Å². The number of nitrogens with one attached hydrogen (secondary N) is 2. The first kappa shape index (κ1) is 23.8. The van der Waals surface area contributed by atoms with Crippen molar-refractivity contribution in [2.75, 3.05) is 48.9 Å². The third-order valence-electron chi connectivity index (χ3n) is 4.83. The predicted molar refractivity (Wildman–Crippen MR) is 131 cm³/mol. The minimum Gasteiger partial charge on any atom is -0.491 e. The van der Waals surface area contributed by atoms with Gasteiger partial charge in [0.1, 0.15) is 12.4 Å². The molecule has 0 unspecified atom stereocenters. The largest absolute Gasteiger partial charge is 0.491 e. The first-order valence-corrected chi connectivity index (χ1v) is 10.8. The van der Waals surface area contributed by atoms with Crippen LogP contribution in [-0.4, -0.2) is 45.2 Å². The molecule has 7 nitrogen and oxygen atoms in total. The molecule has 0 atom stereocenters. The Morgan fingerprint density at radius 1 is 0.879 bits per heavy atom. The molecule has 2 N–H and O–H groups in total. The third-order valence-corrected chi connectivity index (χ3v) is 4.83. The van der Waals surface area contributed by atoms with Crippen LogP contribution in [-0.2, 0) is 9.53 Å². The van der Waals surface area contributed by atoms with Gasteiger partial charge < -0.3 is 25.0 Å². The number of hydrogen-bond donors (Lipinski definition) is 2. The van der Waals surface area contributed by atoms with E-state index in [1.54, 1.807) is 36.2 Å². The summed E-state index contributed by atoms with van der Waals surface area (Å²) in [4.78, 5) is 26.8. The van der Waals surface area contributed by atoms with Crippen LogP contribution in [0.3, 0.4) is 0 Å². The summed E-state index contributed by atoms with van der Waals surface area (Å²) in [5.74, 6) is 0.323. The molecule has 3 aromatic rings.